The molecule has 0 aliphatic heterocycles. The van der Waals surface area contributed by atoms with E-state index in [1.807, 2.05) is 0 Å². The zero-order valence-electron chi connectivity index (χ0n) is 11.6. The van der Waals surface area contributed by atoms with Gasteiger partial charge < -0.3 is 11.1 Å². The standard InChI is InChI=1S/C15H26N2/c1-11(2)15(10-16)17-8-7-14-6-5-12(3)13(4)9-14/h5-6,9,11,15,17H,7-8,10,16H2,1-4H3. The highest BCUT2D eigenvalue weighted by Crippen LogP contribution is 2.10. The number of benzene rings is 1. The lowest BCUT2D eigenvalue weighted by molar-refractivity contribution is 0.409. The van der Waals surface area contributed by atoms with E-state index in [2.05, 4.69) is 51.2 Å². The first-order chi connectivity index (χ1) is 8.04. The average molecular weight is 234 g/mol. The molecule has 1 rings (SSSR count). The first-order valence-corrected chi connectivity index (χ1v) is 6.54. The van der Waals surface area contributed by atoms with Crippen LogP contribution in [0.1, 0.15) is 30.5 Å². The fraction of sp³-hybridized carbons (Fsp3) is 0.600. The normalized spacial score (nSPS) is 13.1. The first kappa shape index (κ1) is 14.2. The Balaban J connectivity index is 2.42. The van der Waals surface area contributed by atoms with E-state index in [4.69, 9.17) is 5.73 Å². The minimum Gasteiger partial charge on any atom is -0.329 e. The monoisotopic (exact) mass is 234 g/mol. The smallest absolute Gasteiger partial charge is 0.0213 e. The predicted octanol–water partition coefficient (Wildman–Crippen LogP) is 2.42. The van der Waals surface area contributed by atoms with Crippen molar-refractivity contribution in [2.45, 2.75) is 40.2 Å². The molecule has 17 heavy (non-hydrogen) atoms. The van der Waals surface area contributed by atoms with Gasteiger partial charge in [0.05, 0.1) is 0 Å². The van der Waals surface area contributed by atoms with Crippen LogP contribution in [0.2, 0.25) is 0 Å². The molecule has 1 unspecified atom stereocenters. The van der Waals surface area contributed by atoms with Crippen LogP contribution in [0.5, 0.6) is 0 Å². The van der Waals surface area contributed by atoms with E-state index in [1.54, 1.807) is 0 Å². The van der Waals surface area contributed by atoms with E-state index in [9.17, 15) is 0 Å². The maximum atomic E-state index is 5.73. The topological polar surface area (TPSA) is 38.0 Å². The Hall–Kier alpha value is -0.860. The number of hydrogen-bond acceptors (Lipinski definition) is 2. The second kappa shape index (κ2) is 6.77. The van der Waals surface area contributed by atoms with Crippen LogP contribution < -0.4 is 11.1 Å². The molecule has 2 nitrogen and oxygen atoms in total. The van der Waals surface area contributed by atoms with Crippen LogP contribution in [0, 0.1) is 19.8 Å². The Labute approximate surface area is 106 Å². The maximum Gasteiger partial charge on any atom is 0.0213 e. The van der Waals surface area contributed by atoms with Crippen molar-refractivity contribution in [2.24, 2.45) is 11.7 Å². The van der Waals surface area contributed by atoms with Crippen molar-refractivity contribution in [1.82, 2.24) is 5.32 Å². The summed E-state index contributed by atoms with van der Waals surface area (Å²) < 4.78 is 0. The van der Waals surface area contributed by atoms with Crippen LogP contribution in [-0.4, -0.2) is 19.1 Å². The van der Waals surface area contributed by atoms with E-state index in [0.717, 1.165) is 13.0 Å². The summed E-state index contributed by atoms with van der Waals surface area (Å²) in [6.07, 6.45) is 1.07. The Bertz CT molecular complexity index is 345. The average Bonchev–Trinajstić information content (AvgIpc) is 2.28. The van der Waals surface area contributed by atoms with Gasteiger partial charge in [0.1, 0.15) is 0 Å². The highest BCUT2D eigenvalue weighted by atomic mass is 14.9. The van der Waals surface area contributed by atoms with Crippen molar-refractivity contribution in [3.63, 3.8) is 0 Å². The van der Waals surface area contributed by atoms with E-state index in [1.165, 1.54) is 16.7 Å². The lowest BCUT2D eigenvalue weighted by Gasteiger charge is -2.20. The molecule has 3 N–H and O–H groups in total. The molecule has 0 heterocycles. The van der Waals surface area contributed by atoms with E-state index >= 15 is 0 Å². The van der Waals surface area contributed by atoms with E-state index in [0.29, 0.717) is 18.5 Å². The van der Waals surface area contributed by atoms with Gasteiger partial charge in [-0.2, -0.15) is 0 Å². The van der Waals surface area contributed by atoms with Gasteiger partial charge in [-0.25, -0.2) is 0 Å². The third-order valence-electron chi connectivity index (χ3n) is 3.45. The minimum absolute atomic E-state index is 0.432. The molecule has 1 atom stereocenters. The van der Waals surface area contributed by atoms with Gasteiger partial charge >= 0.3 is 0 Å². The Morgan fingerprint density at radius 3 is 2.41 bits per heavy atom. The quantitative estimate of drug-likeness (QED) is 0.793. The van der Waals surface area contributed by atoms with Crippen LogP contribution in [0.4, 0.5) is 0 Å². The summed E-state index contributed by atoms with van der Waals surface area (Å²) in [5, 5.41) is 3.53. The first-order valence-electron chi connectivity index (χ1n) is 6.54. The van der Waals surface area contributed by atoms with Gasteiger partial charge in [-0.3, -0.25) is 0 Å². The highest BCUT2D eigenvalue weighted by Gasteiger charge is 2.09. The summed E-state index contributed by atoms with van der Waals surface area (Å²) in [6, 6.07) is 7.13. The molecule has 0 bridgehead atoms. The van der Waals surface area contributed by atoms with Gasteiger partial charge in [0.2, 0.25) is 0 Å². The Kier molecular flexibility index (Phi) is 5.66. The molecule has 1 aromatic rings. The summed E-state index contributed by atoms with van der Waals surface area (Å²) in [5.41, 5.74) is 9.88. The molecule has 0 aliphatic carbocycles. The molecule has 0 aromatic heterocycles. The second-order valence-electron chi connectivity index (χ2n) is 5.21. The third-order valence-corrected chi connectivity index (χ3v) is 3.45. The van der Waals surface area contributed by atoms with Crippen molar-refractivity contribution in [2.75, 3.05) is 13.1 Å². The van der Waals surface area contributed by atoms with Crippen molar-refractivity contribution < 1.29 is 0 Å². The molecule has 1 aromatic carbocycles. The molecule has 0 saturated carbocycles. The number of nitrogens with two attached hydrogens (primary N) is 1. The summed E-state index contributed by atoms with van der Waals surface area (Å²) in [5.74, 6) is 0.597. The van der Waals surface area contributed by atoms with Crippen molar-refractivity contribution in [3.05, 3.63) is 34.9 Å². The van der Waals surface area contributed by atoms with Gasteiger partial charge in [-0.05, 0) is 49.4 Å². The van der Waals surface area contributed by atoms with Gasteiger partial charge in [-0.15, -0.1) is 0 Å². The van der Waals surface area contributed by atoms with Crippen LogP contribution in [0.3, 0.4) is 0 Å². The molecule has 0 aliphatic rings. The molecule has 0 saturated heterocycles. The molecule has 0 spiro atoms. The molecule has 0 fully saturated rings. The van der Waals surface area contributed by atoms with Gasteiger partial charge in [0, 0.05) is 12.6 Å². The largest absolute Gasteiger partial charge is 0.329 e. The van der Waals surface area contributed by atoms with Crippen molar-refractivity contribution in [1.29, 1.82) is 0 Å². The number of hydrogen-bond donors (Lipinski definition) is 2. The number of rotatable bonds is 6. The Morgan fingerprint density at radius 1 is 1.18 bits per heavy atom. The molecule has 2 heteroatoms. The SMILES string of the molecule is Cc1ccc(CCNC(CN)C(C)C)cc1C. The molecule has 96 valence electrons. The predicted molar refractivity (Wildman–Crippen MR) is 75.3 cm³/mol. The fourth-order valence-electron chi connectivity index (χ4n) is 1.95. The summed E-state index contributed by atoms with van der Waals surface area (Å²) in [4.78, 5) is 0. The summed E-state index contributed by atoms with van der Waals surface area (Å²) >= 11 is 0. The maximum absolute atomic E-state index is 5.73. The van der Waals surface area contributed by atoms with Crippen molar-refractivity contribution in [3.8, 4) is 0 Å². The van der Waals surface area contributed by atoms with Gasteiger partial charge in [0.15, 0.2) is 0 Å². The lowest BCUT2D eigenvalue weighted by Crippen LogP contribution is -2.41. The third kappa shape index (κ3) is 4.49. The Morgan fingerprint density at radius 2 is 1.88 bits per heavy atom. The molecule has 0 radical (unpaired) electrons. The zero-order valence-corrected chi connectivity index (χ0v) is 11.6. The summed E-state index contributed by atoms with van der Waals surface area (Å²) in [7, 11) is 0. The molecular weight excluding hydrogens is 208 g/mol. The summed E-state index contributed by atoms with van der Waals surface area (Å²) in [6.45, 7) is 10.5. The number of aryl methyl sites for hydroxylation is 2. The number of nitrogens with one attached hydrogen (secondary N) is 1. The highest BCUT2D eigenvalue weighted by molar-refractivity contribution is 5.30. The molecule has 0 amide bonds. The molecular formula is C15H26N2. The van der Waals surface area contributed by atoms with E-state index in [-0.39, 0.29) is 0 Å². The van der Waals surface area contributed by atoms with Gasteiger partial charge in [0.25, 0.3) is 0 Å². The zero-order chi connectivity index (χ0) is 12.8. The lowest BCUT2D eigenvalue weighted by atomic mass is 10.0. The van der Waals surface area contributed by atoms with Gasteiger partial charge in [-0.1, -0.05) is 32.0 Å². The minimum atomic E-state index is 0.432. The van der Waals surface area contributed by atoms with Crippen LogP contribution in [0.15, 0.2) is 18.2 Å². The van der Waals surface area contributed by atoms with Crippen LogP contribution >= 0.6 is 0 Å². The fourth-order valence-corrected chi connectivity index (χ4v) is 1.95. The van der Waals surface area contributed by atoms with Crippen LogP contribution in [0.25, 0.3) is 0 Å². The second-order valence-corrected chi connectivity index (χ2v) is 5.21. The van der Waals surface area contributed by atoms with Crippen molar-refractivity contribution >= 4 is 0 Å². The van der Waals surface area contributed by atoms with E-state index < -0.39 is 0 Å². The van der Waals surface area contributed by atoms with Crippen LogP contribution in [-0.2, 0) is 6.42 Å².